The Morgan fingerprint density at radius 2 is 2.12 bits per heavy atom. The minimum Gasteiger partial charge on any atom is -0.497 e. The predicted molar refractivity (Wildman–Crippen MR) is 96.4 cm³/mol. The second kappa shape index (κ2) is 7.83. The maximum absolute atomic E-state index is 12.7. The van der Waals surface area contributed by atoms with E-state index < -0.39 is 0 Å². The zero-order valence-corrected chi connectivity index (χ0v) is 14.5. The van der Waals surface area contributed by atoms with Crippen molar-refractivity contribution in [2.24, 2.45) is 0 Å². The third-order valence-corrected chi connectivity index (χ3v) is 4.21. The molecule has 2 aromatic rings. The van der Waals surface area contributed by atoms with Gasteiger partial charge in [-0.3, -0.25) is 9.78 Å². The summed E-state index contributed by atoms with van der Waals surface area (Å²) in [7, 11) is 3.25. The SMILES string of the molecule is COc1ccc(CN(C(=O)/C=C/c2cccnc2)C2CC2)c(OC)c1. The van der Waals surface area contributed by atoms with E-state index in [0.717, 1.165) is 35.5 Å². The summed E-state index contributed by atoms with van der Waals surface area (Å²) in [5, 5.41) is 0. The average Bonchev–Trinajstić information content (AvgIpc) is 3.50. The molecule has 0 spiro atoms. The van der Waals surface area contributed by atoms with Crippen molar-refractivity contribution in [3.8, 4) is 11.5 Å². The molecule has 0 atom stereocenters. The van der Waals surface area contributed by atoms with E-state index in [1.165, 1.54) is 0 Å². The first-order chi connectivity index (χ1) is 12.2. The van der Waals surface area contributed by atoms with Crippen molar-refractivity contribution < 1.29 is 14.3 Å². The van der Waals surface area contributed by atoms with Gasteiger partial charge in [0.25, 0.3) is 0 Å². The fourth-order valence-electron chi connectivity index (χ4n) is 2.68. The van der Waals surface area contributed by atoms with Gasteiger partial charge in [-0.05, 0) is 42.7 Å². The van der Waals surface area contributed by atoms with Crippen LogP contribution in [0.2, 0.25) is 0 Å². The van der Waals surface area contributed by atoms with E-state index in [0.29, 0.717) is 12.6 Å². The molecule has 25 heavy (non-hydrogen) atoms. The van der Waals surface area contributed by atoms with E-state index in [4.69, 9.17) is 9.47 Å². The Morgan fingerprint density at radius 3 is 2.76 bits per heavy atom. The maximum atomic E-state index is 12.7. The van der Waals surface area contributed by atoms with Crippen molar-refractivity contribution >= 4 is 12.0 Å². The summed E-state index contributed by atoms with van der Waals surface area (Å²) < 4.78 is 10.7. The van der Waals surface area contributed by atoms with Crippen LogP contribution in [0.25, 0.3) is 6.08 Å². The van der Waals surface area contributed by atoms with Crippen molar-refractivity contribution in [3.05, 3.63) is 59.9 Å². The molecular formula is C20H22N2O3. The fourth-order valence-corrected chi connectivity index (χ4v) is 2.68. The molecule has 1 aliphatic carbocycles. The lowest BCUT2D eigenvalue weighted by Gasteiger charge is -2.22. The van der Waals surface area contributed by atoms with Gasteiger partial charge in [-0.2, -0.15) is 0 Å². The molecule has 5 nitrogen and oxygen atoms in total. The standard InChI is InChI=1S/C20H22N2O3/c1-24-18-9-6-16(19(12-18)25-2)14-22(17-7-8-17)20(23)10-5-15-4-3-11-21-13-15/h3-6,9-13,17H,7-8,14H2,1-2H3/b10-5+. The monoisotopic (exact) mass is 338 g/mol. The molecule has 0 unspecified atom stereocenters. The van der Waals surface area contributed by atoms with Gasteiger partial charge in [0, 0.05) is 42.7 Å². The van der Waals surface area contributed by atoms with Crippen LogP contribution in [0, 0.1) is 0 Å². The lowest BCUT2D eigenvalue weighted by Crippen LogP contribution is -2.31. The first-order valence-electron chi connectivity index (χ1n) is 8.31. The number of rotatable bonds is 7. The van der Waals surface area contributed by atoms with E-state index in [9.17, 15) is 4.79 Å². The highest BCUT2D eigenvalue weighted by Crippen LogP contribution is 2.32. The van der Waals surface area contributed by atoms with E-state index in [1.54, 1.807) is 38.8 Å². The van der Waals surface area contributed by atoms with Gasteiger partial charge < -0.3 is 14.4 Å². The summed E-state index contributed by atoms with van der Waals surface area (Å²) in [6.07, 6.45) is 8.96. The average molecular weight is 338 g/mol. The highest BCUT2D eigenvalue weighted by molar-refractivity contribution is 5.92. The molecule has 0 N–H and O–H groups in total. The molecule has 1 amide bonds. The highest BCUT2D eigenvalue weighted by atomic mass is 16.5. The summed E-state index contributed by atoms with van der Waals surface area (Å²) in [4.78, 5) is 18.6. The zero-order valence-electron chi connectivity index (χ0n) is 14.5. The van der Waals surface area contributed by atoms with Crippen LogP contribution < -0.4 is 9.47 Å². The van der Waals surface area contributed by atoms with E-state index >= 15 is 0 Å². The number of methoxy groups -OCH3 is 2. The normalized spacial score (nSPS) is 13.7. The molecule has 0 bridgehead atoms. The van der Waals surface area contributed by atoms with Gasteiger partial charge in [-0.25, -0.2) is 0 Å². The number of carbonyl (C=O) groups is 1. The second-order valence-electron chi connectivity index (χ2n) is 5.99. The van der Waals surface area contributed by atoms with Crippen molar-refractivity contribution in [2.45, 2.75) is 25.4 Å². The minimum atomic E-state index is 0.00391. The second-order valence-corrected chi connectivity index (χ2v) is 5.99. The summed E-state index contributed by atoms with van der Waals surface area (Å²) in [5.41, 5.74) is 1.88. The number of nitrogens with zero attached hydrogens (tertiary/aromatic N) is 2. The van der Waals surface area contributed by atoms with Gasteiger partial charge in [-0.15, -0.1) is 0 Å². The number of pyridine rings is 1. The van der Waals surface area contributed by atoms with Gasteiger partial charge in [0.15, 0.2) is 0 Å². The van der Waals surface area contributed by atoms with Crippen LogP contribution in [0.4, 0.5) is 0 Å². The smallest absolute Gasteiger partial charge is 0.247 e. The number of aromatic nitrogens is 1. The third kappa shape index (κ3) is 4.38. The largest absolute Gasteiger partial charge is 0.497 e. The van der Waals surface area contributed by atoms with Crippen molar-refractivity contribution in [2.75, 3.05) is 14.2 Å². The molecule has 1 heterocycles. The van der Waals surface area contributed by atoms with Crippen molar-refractivity contribution in [1.29, 1.82) is 0 Å². The Hall–Kier alpha value is -2.82. The Labute approximate surface area is 147 Å². The number of hydrogen-bond acceptors (Lipinski definition) is 4. The zero-order chi connectivity index (χ0) is 17.6. The van der Waals surface area contributed by atoms with E-state index in [-0.39, 0.29) is 5.91 Å². The number of amides is 1. The molecule has 0 radical (unpaired) electrons. The Bertz CT molecular complexity index is 755. The van der Waals surface area contributed by atoms with Crippen LogP contribution in [0.15, 0.2) is 48.8 Å². The van der Waals surface area contributed by atoms with Gasteiger partial charge in [0.2, 0.25) is 5.91 Å². The molecule has 1 fully saturated rings. The van der Waals surface area contributed by atoms with Crippen LogP contribution in [0.1, 0.15) is 24.0 Å². The van der Waals surface area contributed by atoms with Crippen LogP contribution in [0.5, 0.6) is 11.5 Å². The van der Waals surface area contributed by atoms with E-state index in [2.05, 4.69) is 4.98 Å². The molecule has 1 aromatic heterocycles. The van der Waals surface area contributed by atoms with E-state index in [1.807, 2.05) is 35.2 Å². The molecule has 0 saturated heterocycles. The summed E-state index contributed by atoms with van der Waals surface area (Å²) >= 11 is 0. The summed E-state index contributed by atoms with van der Waals surface area (Å²) in [5.74, 6) is 1.47. The van der Waals surface area contributed by atoms with Crippen LogP contribution >= 0.6 is 0 Å². The predicted octanol–water partition coefficient (Wildman–Crippen LogP) is 3.30. The third-order valence-electron chi connectivity index (χ3n) is 4.21. The summed E-state index contributed by atoms with van der Waals surface area (Å²) in [6, 6.07) is 9.76. The molecular weight excluding hydrogens is 316 g/mol. The quantitative estimate of drug-likeness (QED) is 0.727. The topological polar surface area (TPSA) is 51.7 Å². The Morgan fingerprint density at radius 1 is 1.28 bits per heavy atom. The molecule has 1 saturated carbocycles. The molecule has 5 heteroatoms. The molecule has 1 aromatic carbocycles. The lowest BCUT2D eigenvalue weighted by molar-refractivity contribution is -0.127. The number of carbonyl (C=O) groups excluding carboxylic acids is 1. The van der Waals surface area contributed by atoms with Crippen molar-refractivity contribution in [3.63, 3.8) is 0 Å². The van der Waals surface area contributed by atoms with Gasteiger partial charge in [0.1, 0.15) is 11.5 Å². The number of benzene rings is 1. The van der Waals surface area contributed by atoms with Gasteiger partial charge >= 0.3 is 0 Å². The maximum Gasteiger partial charge on any atom is 0.247 e. The van der Waals surface area contributed by atoms with Gasteiger partial charge in [-0.1, -0.05) is 6.07 Å². The van der Waals surface area contributed by atoms with Crippen LogP contribution in [-0.2, 0) is 11.3 Å². The van der Waals surface area contributed by atoms with Crippen molar-refractivity contribution in [1.82, 2.24) is 9.88 Å². The minimum absolute atomic E-state index is 0.00391. The first-order valence-corrected chi connectivity index (χ1v) is 8.31. The highest BCUT2D eigenvalue weighted by Gasteiger charge is 2.32. The fraction of sp³-hybridized carbons (Fsp3) is 0.300. The lowest BCUT2D eigenvalue weighted by atomic mass is 10.1. The summed E-state index contributed by atoms with van der Waals surface area (Å²) in [6.45, 7) is 0.522. The Kier molecular flexibility index (Phi) is 5.33. The number of ether oxygens (including phenoxy) is 2. The van der Waals surface area contributed by atoms with Gasteiger partial charge in [0.05, 0.1) is 14.2 Å². The Balaban J connectivity index is 1.76. The molecule has 1 aliphatic rings. The molecule has 0 aliphatic heterocycles. The molecule has 3 rings (SSSR count). The van der Waals surface area contributed by atoms with Crippen LogP contribution in [-0.4, -0.2) is 36.1 Å². The first kappa shape index (κ1) is 17.0. The molecule has 130 valence electrons. The number of hydrogen-bond donors (Lipinski definition) is 0. The van der Waals surface area contributed by atoms with Crippen LogP contribution in [0.3, 0.4) is 0 Å².